The molecule has 102 valence electrons. The molecule has 0 amide bonds. The van der Waals surface area contributed by atoms with Gasteiger partial charge in [-0.25, -0.2) is 0 Å². The average Bonchev–Trinajstić information content (AvgIpc) is 2.62. The summed E-state index contributed by atoms with van der Waals surface area (Å²) in [4.78, 5) is 2.56. The van der Waals surface area contributed by atoms with Gasteiger partial charge in [-0.1, -0.05) is 13.8 Å². The van der Waals surface area contributed by atoms with E-state index in [1.165, 1.54) is 0 Å². The summed E-state index contributed by atoms with van der Waals surface area (Å²) in [5.41, 5.74) is 0.188. The molecule has 1 aromatic heterocycles. The number of furan rings is 1. The van der Waals surface area contributed by atoms with Gasteiger partial charge in [0.05, 0.1) is 6.54 Å². The van der Waals surface area contributed by atoms with Crippen molar-refractivity contribution in [1.29, 1.82) is 0 Å². The molecular weight excluding hydrogens is 224 g/mol. The second-order valence-electron chi connectivity index (χ2n) is 6.49. The summed E-state index contributed by atoms with van der Waals surface area (Å²) < 4.78 is 5.72. The SMILES string of the molecule is Cc1ccc(CN2CC(C)(C)NCC2C(C)C)o1. The van der Waals surface area contributed by atoms with Crippen LogP contribution in [-0.4, -0.2) is 29.6 Å². The summed E-state index contributed by atoms with van der Waals surface area (Å²) in [5.74, 6) is 2.74. The van der Waals surface area contributed by atoms with E-state index >= 15 is 0 Å². The van der Waals surface area contributed by atoms with Crippen LogP contribution in [0.5, 0.6) is 0 Å². The summed E-state index contributed by atoms with van der Waals surface area (Å²) >= 11 is 0. The van der Waals surface area contributed by atoms with Gasteiger partial charge in [0.1, 0.15) is 11.5 Å². The number of aryl methyl sites for hydroxylation is 1. The first-order valence-electron chi connectivity index (χ1n) is 6.92. The molecule has 2 heterocycles. The summed E-state index contributed by atoms with van der Waals surface area (Å²) in [6.45, 7) is 14.2. The van der Waals surface area contributed by atoms with Gasteiger partial charge >= 0.3 is 0 Å². The van der Waals surface area contributed by atoms with Gasteiger partial charge in [0, 0.05) is 24.7 Å². The Balaban J connectivity index is 2.10. The highest BCUT2D eigenvalue weighted by Gasteiger charge is 2.34. The fraction of sp³-hybridized carbons (Fsp3) is 0.733. The van der Waals surface area contributed by atoms with Crippen LogP contribution in [0.3, 0.4) is 0 Å². The van der Waals surface area contributed by atoms with E-state index in [2.05, 4.69) is 44.0 Å². The van der Waals surface area contributed by atoms with Crippen molar-refractivity contribution in [2.45, 2.75) is 52.7 Å². The predicted octanol–water partition coefficient (Wildman–Crippen LogP) is 2.80. The fourth-order valence-corrected chi connectivity index (χ4v) is 2.79. The predicted molar refractivity (Wildman–Crippen MR) is 74.6 cm³/mol. The minimum atomic E-state index is 0.188. The van der Waals surface area contributed by atoms with Gasteiger partial charge in [-0.15, -0.1) is 0 Å². The zero-order valence-corrected chi connectivity index (χ0v) is 12.3. The Morgan fingerprint density at radius 2 is 2.17 bits per heavy atom. The third-order valence-corrected chi connectivity index (χ3v) is 3.78. The third-order valence-electron chi connectivity index (χ3n) is 3.78. The minimum Gasteiger partial charge on any atom is -0.465 e. The first-order valence-corrected chi connectivity index (χ1v) is 6.92. The zero-order chi connectivity index (χ0) is 13.3. The maximum atomic E-state index is 5.72. The van der Waals surface area contributed by atoms with Gasteiger partial charge in [0.25, 0.3) is 0 Å². The molecule has 1 aliphatic rings. The molecule has 1 fully saturated rings. The fourth-order valence-electron chi connectivity index (χ4n) is 2.79. The van der Waals surface area contributed by atoms with E-state index in [4.69, 9.17) is 4.42 Å². The molecule has 1 aliphatic heterocycles. The Kier molecular flexibility index (Phi) is 3.83. The maximum Gasteiger partial charge on any atom is 0.118 e. The van der Waals surface area contributed by atoms with E-state index in [-0.39, 0.29) is 5.54 Å². The van der Waals surface area contributed by atoms with Crippen LogP contribution in [0, 0.1) is 12.8 Å². The highest BCUT2D eigenvalue weighted by atomic mass is 16.3. The Bertz CT molecular complexity index is 395. The van der Waals surface area contributed by atoms with Crippen LogP contribution in [0.25, 0.3) is 0 Å². The summed E-state index contributed by atoms with van der Waals surface area (Å²) in [6, 6.07) is 4.73. The van der Waals surface area contributed by atoms with Gasteiger partial charge in [0.15, 0.2) is 0 Å². The smallest absolute Gasteiger partial charge is 0.118 e. The standard InChI is InChI=1S/C15H26N2O/c1-11(2)14-8-16-15(4,5)10-17(14)9-13-7-6-12(3)18-13/h6-7,11,14,16H,8-10H2,1-5H3. The number of nitrogens with one attached hydrogen (secondary N) is 1. The van der Waals surface area contributed by atoms with Crippen molar-refractivity contribution in [2.24, 2.45) is 5.92 Å². The van der Waals surface area contributed by atoms with Crippen molar-refractivity contribution in [3.8, 4) is 0 Å². The zero-order valence-electron chi connectivity index (χ0n) is 12.3. The van der Waals surface area contributed by atoms with Crippen molar-refractivity contribution in [3.05, 3.63) is 23.7 Å². The molecule has 2 rings (SSSR count). The highest BCUT2D eigenvalue weighted by molar-refractivity contribution is 5.06. The molecule has 1 aromatic rings. The lowest BCUT2D eigenvalue weighted by Gasteiger charge is -2.46. The molecule has 0 radical (unpaired) electrons. The van der Waals surface area contributed by atoms with Crippen LogP contribution >= 0.6 is 0 Å². The number of piperazine rings is 1. The van der Waals surface area contributed by atoms with Gasteiger partial charge in [-0.3, -0.25) is 4.90 Å². The topological polar surface area (TPSA) is 28.4 Å². The molecule has 0 aromatic carbocycles. The molecule has 0 saturated carbocycles. The van der Waals surface area contributed by atoms with Crippen LogP contribution < -0.4 is 5.32 Å². The Hall–Kier alpha value is -0.800. The Morgan fingerprint density at radius 3 is 2.72 bits per heavy atom. The highest BCUT2D eigenvalue weighted by Crippen LogP contribution is 2.23. The molecule has 0 bridgehead atoms. The van der Waals surface area contributed by atoms with Gasteiger partial charge in [-0.2, -0.15) is 0 Å². The van der Waals surface area contributed by atoms with Crippen molar-refractivity contribution >= 4 is 0 Å². The van der Waals surface area contributed by atoms with Gasteiger partial charge in [0.2, 0.25) is 0 Å². The molecular formula is C15H26N2O. The van der Waals surface area contributed by atoms with Gasteiger partial charge < -0.3 is 9.73 Å². The second-order valence-corrected chi connectivity index (χ2v) is 6.49. The Labute approximate surface area is 111 Å². The monoisotopic (exact) mass is 250 g/mol. The van der Waals surface area contributed by atoms with Crippen LogP contribution in [-0.2, 0) is 6.54 Å². The van der Waals surface area contributed by atoms with Crippen molar-refractivity contribution in [1.82, 2.24) is 10.2 Å². The minimum absolute atomic E-state index is 0.188. The van der Waals surface area contributed by atoms with E-state index < -0.39 is 0 Å². The first-order chi connectivity index (χ1) is 8.37. The number of hydrogen-bond donors (Lipinski definition) is 1. The molecule has 0 spiro atoms. The lowest BCUT2D eigenvalue weighted by Crippen LogP contribution is -2.62. The second kappa shape index (κ2) is 5.06. The maximum absolute atomic E-state index is 5.72. The molecule has 1 atom stereocenters. The van der Waals surface area contributed by atoms with E-state index in [1.807, 2.05) is 13.0 Å². The van der Waals surface area contributed by atoms with E-state index in [0.717, 1.165) is 31.2 Å². The van der Waals surface area contributed by atoms with Crippen LogP contribution in [0.15, 0.2) is 16.5 Å². The van der Waals surface area contributed by atoms with Crippen LogP contribution in [0.4, 0.5) is 0 Å². The molecule has 1 saturated heterocycles. The van der Waals surface area contributed by atoms with Gasteiger partial charge in [-0.05, 0) is 38.8 Å². The molecule has 1 unspecified atom stereocenters. The molecule has 1 N–H and O–H groups in total. The summed E-state index contributed by atoms with van der Waals surface area (Å²) in [5, 5.41) is 3.64. The lowest BCUT2D eigenvalue weighted by atomic mass is 9.93. The number of nitrogens with zero attached hydrogens (tertiary/aromatic N) is 1. The summed E-state index contributed by atoms with van der Waals surface area (Å²) in [6.07, 6.45) is 0. The normalized spacial score (nSPS) is 24.7. The van der Waals surface area contributed by atoms with Crippen molar-refractivity contribution in [3.63, 3.8) is 0 Å². The van der Waals surface area contributed by atoms with Crippen molar-refractivity contribution < 1.29 is 4.42 Å². The van der Waals surface area contributed by atoms with Crippen LogP contribution in [0.2, 0.25) is 0 Å². The third kappa shape index (κ3) is 3.15. The largest absolute Gasteiger partial charge is 0.465 e. The van der Waals surface area contributed by atoms with Crippen LogP contribution in [0.1, 0.15) is 39.2 Å². The quantitative estimate of drug-likeness (QED) is 0.894. The van der Waals surface area contributed by atoms with Crippen molar-refractivity contribution in [2.75, 3.05) is 13.1 Å². The van der Waals surface area contributed by atoms with E-state index in [1.54, 1.807) is 0 Å². The first kappa shape index (κ1) is 13.6. The summed E-state index contributed by atoms with van der Waals surface area (Å²) in [7, 11) is 0. The molecule has 3 nitrogen and oxygen atoms in total. The molecule has 3 heteroatoms. The number of hydrogen-bond acceptors (Lipinski definition) is 3. The molecule has 0 aliphatic carbocycles. The van der Waals surface area contributed by atoms with E-state index in [9.17, 15) is 0 Å². The van der Waals surface area contributed by atoms with E-state index in [0.29, 0.717) is 12.0 Å². The Morgan fingerprint density at radius 1 is 1.44 bits per heavy atom. The lowest BCUT2D eigenvalue weighted by molar-refractivity contribution is 0.0569. The average molecular weight is 250 g/mol. The number of rotatable bonds is 3. The molecule has 18 heavy (non-hydrogen) atoms.